The van der Waals surface area contributed by atoms with Crippen LogP contribution < -0.4 is 5.73 Å². The van der Waals surface area contributed by atoms with Crippen molar-refractivity contribution in [3.63, 3.8) is 0 Å². The van der Waals surface area contributed by atoms with Crippen LogP contribution in [0.25, 0.3) is 5.57 Å². The van der Waals surface area contributed by atoms with E-state index in [2.05, 4.69) is 50.9 Å². The highest BCUT2D eigenvalue weighted by molar-refractivity contribution is 6.39. The highest BCUT2D eigenvalue weighted by Gasteiger charge is 2.35. The number of fused-ring (bicyclic) bond motifs is 1. The maximum absolute atomic E-state index is 14.2. The minimum Gasteiger partial charge on any atom is -0.381 e. The number of nitrogens with zero attached hydrogens (tertiary/aromatic N) is 2. The van der Waals surface area contributed by atoms with Gasteiger partial charge in [0.25, 0.3) is 0 Å². The zero-order chi connectivity index (χ0) is 30.6. The van der Waals surface area contributed by atoms with Gasteiger partial charge < -0.3 is 10.6 Å². The first-order valence-electron chi connectivity index (χ1n) is 15.3. The summed E-state index contributed by atoms with van der Waals surface area (Å²) in [5.41, 5.74) is 12.3. The van der Waals surface area contributed by atoms with Crippen molar-refractivity contribution >= 4 is 23.1 Å². The second-order valence-corrected chi connectivity index (χ2v) is 13.1. The van der Waals surface area contributed by atoms with Crippen LogP contribution in [-0.4, -0.2) is 35.5 Å². The number of nitrogens with two attached hydrogens (primary N) is 1. The Morgan fingerprint density at radius 3 is 2.60 bits per heavy atom. The Kier molecular flexibility index (Phi) is 9.85. The van der Waals surface area contributed by atoms with Gasteiger partial charge in [-0.25, -0.2) is 9.38 Å². The molecule has 1 heterocycles. The van der Waals surface area contributed by atoms with E-state index in [1.54, 1.807) is 12.3 Å². The fourth-order valence-electron chi connectivity index (χ4n) is 6.40. The Labute approximate surface area is 250 Å². The van der Waals surface area contributed by atoms with Gasteiger partial charge in [0.2, 0.25) is 11.7 Å². The Hall–Kier alpha value is -3.54. The fourth-order valence-corrected chi connectivity index (χ4v) is 6.40. The molecule has 0 bridgehead atoms. The Bertz CT molecular complexity index is 1420. The van der Waals surface area contributed by atoms with Gasteiger partial charge in [0.05, 0.1) is 0 Å². The quantitative estimate of drug-likeness (QED) is 0.289. The van der Waals surface area contributed by atoms with Gasteiger partial charge in [0.1, 0.15) is 5.82 Å². The number of hydrogen-bond donors (Lipinski definition) is 1. The molecule has 2 aromatic rings. The Morgan fingerprint density at radius 2 is 1.86 bits per heavy atom. The van der Waals surface area contributed by atoms with E-state index in [1.807, 2.05) is 30.9 Å². The molecule has 0 aromatic heterocycles. The van der Waals surface area contributed by atoms with Crippen LogP contribution in [0.1, 0.15) is 89.8 Å². The van der Waals surface area contributed by atoms with E-state index in [0.29, 0.717) is 25.9 Å². The molecule has 6 heteroatoms. The van der Waals surface area contributed by atoms with E-state index >= 15 is 0 Å². The van der Waals surface area contributed by atoms with Crippen LogP contribution in [0.2, 0.25) is 0 Å². The molecule has 2 aliphatic rings. The summed E-state index contributed by atoms with van der Waals surface area (Å²) in [4.78, 5) is 34.0. The van der Waals surface area contributed by atoms with E-state index in [9.17, 15) is 14.0 Å². The maximum Gasteiger partial charge on any atom is 0.250 e. The van der Waals surface area contributed by atoms with Crippen molar-refractivity contribution in [1.29, 1.82) is 0 Å². The van der Waals surface area contributed by atoms with Crippen molar-refractivity contribution < 1.29 is 14.0 Å². The minimum atomic E-state index is -0.305. The number of carbonyl (C=O) groups excluding carboxylic acids is 2. The van der Waals surface area contributed by atoms with Crippen LogP contribution in [0.5, 0.6) is 0 Å². The molecular weight excluding hydrogens is 525 g/mol. The topological polar surface area (TPSA) is 75.8 Å². The van der Waals surface area contributed by atoms with Crippen LogP contribution in [0.3, 0.4) is 0 Å². The molecule has 1 aliphatic carbocycles. The average Bonchev–Trinajstić information content (AvgIpc) is 3.08. The summed E-state index contributed by atoms with van der Waals surface area (Å²) in [6, 6.07) is 14.9. The monoisotopic (exact) mass is 571 g/mol. The van der Waals surface area contributed by atoms with Crippen molar-refractivity contribution in [2.45, 2.75) is 79.6 Å². The lowest BCUT2D eigenvalue weighted by Crippen LogP contribution is -2.45. The van der Waals surface area contributed by atoms with E-state index in [4.69, 9.17) is 5.73 Å². The normalized spacial score (nSPS) is 22.5. The van der Waals surface area contributed by atoms with Gasteiger partial charge in [-0.3, -0.25) is 9.59 Å². The van der Waals surface area contributed by atoms with Crippen molar-refractivity contribution in [2.75, 3.05) is 13.1 Å². The molecule has 4 rings (SSSR count). The zero-order valence-corrected chi connectivity index (χ0v) is 26.0. The smallest absolute Gasteiger partial charge is 0.250 e. The summed E-state index contributed by atoms with van der Waals surface area (Å²) in [5.74, 6) is -0.599. The van der Waals surface area contributed by atoms with E-state index in [-0.39, 0.29) is 46.5 Å². The zero-order valence-electron chi connectivity index (χ0n) is 26.0. The summed E-state index contributed by atoms with van der Waals surface area (Å²) in [6.45, 7) is 13.6. The second-order valence-electron chi connectivity index (χ2n) is 13.1. The van der Waals surface area contributed by atoms with E-state index < -0.39 is 0 Å². The molecule has 2 N–H and O–H groups in total. The number of halogens is 1. The number of likely N-dealkylation sites (tertiary alicyclic amines) is 1. The lowest BCUT2D eigenvalue weighted by molar-refractivity contribution is -0.130. The number of allylic oxidation sites excluding steroid dienone is 2. The third kappa shape index (κ3) is 7.26. The molecule has 224 valence electrons. The van der Waals surface area contributed by atoms with Crippen LogP contribution >= 0.6 is 0 Å². The van der Waals surface area contributed by atoms with Crippen molar-refractivity contribution in [3.8, 4) is 0 Å². The van der Waals surface area contributed by atoms with Crippen LogP contribution in [0, 0.1) is 23.1 Å². The summed E-state index contributed by atoms with van der Waals surface area (Å²) >= 11 is 0. The predicted molar refractivity (Wildman–Crippen MR) is 169 cm³/mol. The first-order valence-corrected chi connectivity index (χ1v) is 15.3. The van der Waals surface area contributed by atoms with Crippen molar-refractivity contribution in [3.05, 3.63) is 88.4 Å². The van der Waals surface area contributed by atoms with Gasteiger partial charge in [-0.2, -0.15) is 0 Å². The Morgan fingerprint density at radius 1 is 1.12 bits per heavy atom. The summed E-state index contributed by atoms with van der Waals surface area (Å²) in [6.07, 6.45) is 5.58. The highest BCUT2D eigenvalue weighted by atomic mass is 19.1. The lowest BCUT2D eigenvalue weighted by atomic mass is 9.79. The number of amidine groups is 1. The summed E-state index contributed by atoms with van der Waals surface area (Å²) < 4.78 is 13.7. The van der Waals surface area contributed by atoms with Crippen LogP contribution in [-0.2, 0) is 16.0 Å². The molecule has 1 amide bonds. The molecule has 3 atom stereocenters. The molecule has 1 aliphatic heterocycles. The van der Waals surface area contributed by atoms with Crippen molar-refractivity contribution in [1.82, 2.24) is 4.90 Å². The van der Waals surface area contributed by atoms with E-state index in [0.717, 1.165) is 41.5 Å². The maximum atomic E-state index is 14.2. The fraction of sp³-hybridized carbons (Fsp3) is 0.472. The Balaban J connectivity index is 1.52. The highest BCUT2D eigenvalue weighted by Crippen LogP contribution is 2.37. The first-order chi connectivity index (χ1) is 19.9. The van der Waals surface area contributed by atoms with Gasteiger partial charge >= 0.3 is 0 Å². The van der Waals surface area contributed by atoms with Gasteiger partial charge in [-0.05, 0) is 97.3 Å². The molecule has 0 saturated carbocycles. The van der Waals surface area contributed by atoms with Crippen molar-refractivity contribution in [2.24, 2.45) is 28.0 Å². The van der Waals surface area contributed by atoms with Gasteiger partial charge in [0.15, 0.2) is 5.84 Å². The third-order valence-electron chi connectivity index (χ3n) is 9.28. The van der Waals surface area contributed by atoms with Gasteiger partial charge in [0, 0.05) is 36.7 Å². The molecule has 2 aromatic carbocycles. The van der Waals surface area contributed by atoms with E-state index in [1.165, 1.54) is 23.3 Å². The number of carbonyl (C=O) groups is 2. The number of benzene rings is 2. The molecule has 1 fully saturated rings. The number of amides is 1. The van der Waals surface area contributed by atoms with Crippen LogP contribution in [0.15, 0.2) is 70.9 Å². The molecule has 42 heavy (non-hydrogen) atoms. The predicted octanol–water partition coefficient (Wildman–Crippen LogP) is 7.47. The van der Waals surface area contributed by atoms with Gasteiger partial charge in [-0.1, -0.05) is 64.1 Å². The number of aliphatic imine (C=N–C) groups is 1. The summed E-state index contributed by atoms with van der Waals surface area (Å²) in [5, 5.41) is 0. The first kappa shape index (κ1) is 31.4. The molecule has 1 saturated heterocycles. The largest absolute Gasteiger partial charge is 0.381 e. The molecule has 0 radical (unpaired) electrons. The number of ketones is 1. The molecule has 3 unspecified atom stereocenters. The van der Waals surface area contributed by atoms with Crippen LogP contribution in [0.4, 0.5) is 4.39 Å². The van der Waals surface area contributed by atoms with Gasteiger partial charge in [-0.15, -0.1) is 0 Å². The standard InChI is InChI=1S/C36H46FN3O2/c1-23-14-15-27-10-7-8-13-31(27)26(4)32(23)35(42)40-19-17-28(16-18-36(5,6)22-40)33(41)34(38)39-21-24(2)25(3)29-11-9-12-30(37)20-29/h7-13,20-21,23,25,28H,14-19,22H2,1-6H3,(H2,38,39)/b24-21+. The average molecular weight is 572 g/mol. The summed E-state index contributed by atoms with van der Waals surface area (Å²) in [7, 11) is 0. The third-order valence-corrected chi connectivity index (χ3v) is 9.28. The molecule has 0 spiro atoms. The second kappa shape index (κ2) is 13.2. The molecule has 5 nitrogen and oxygen atoms in total. The minimum absolute atomic E-state index is 0.0189. The number of rotatable bonds is 6. The lowest BCUT2D eigenvalue weighted by Gasteiger charge is -2.38. The number of Topliss-reactive ketones (excluding diaryl/α,β-unsaturated/α-hetero) is 1. The number of hydrogen-bond acceptors (Lipinski definition) is 3. The molecular formula is C36H46FN3O2. The number of aryl methyl sites for hydroxylation is 1. The SMILES string of the molecule is CC1=C(C(=O)N2CCC(C(=O)C(N)=N/C=C(\C)C(C)c3cccc(F)c3)CCC(C)(C)C2)C(C)CCc2ccccc21.